The summed E-state index contributed by atoms with van der Waals surface area (Å²) in [5.74, 6) is 0. The zero-order valence-corrected chi connectivity index (χ0v) is 11.9. The van der Waals surface area contributed by atoms with Crippen molar-refractivity contribution in [3.63, 3.8) is 0 Å². The van der Waals surface area contributed by atoms with Crippen LogP contribution >= 0.6 is 0 Å². The number of benzene rings is 1. The molecule has 1 aromatic carbocycles. The van der Waals surface area contributed by atoms with E-state index >= 15 is 0 Å². The van der Waals surface area contributed by atoms with Crippen molar-refractivity contribution in [1.82, 2.24) is 5.43 Å². The smallest absolute Gasteiger partial charge is 0.399 e. The van der Waals surface area contributed by atoms with E-state index in [1.54, 1.807) is 0 Å². The molecule has 0 saturated carbocycles. The molecule has 0 aromatic heterocycles. The number of hydrogen-bond donors (Lipinski definition) is 1. The van der Waals surface area contributed by atoms with Crippen LogP contribution in [0.5, 0.6) is 0 Å². The van der Waals surface area contributed by atoms with Crippen LogP contribution in [0.2, 0.25) is 0 Å². The molecular weight excluding hydrogens is 239 g/mol. The van der Waals surface area contributed by atoms with Gasteiger partial charge in [-0.3, -0.25) is 0 Å². The van der Waals surface area contributed by atoms with Crippen LogP contribution in [0.1, 0.15) is 38.8 Å². The largest absolute Gasteiger partial charge is 0.494 e. The third kappa shape index (κ3) is 2.07. The quantitative estimate of drug-likeness (QED) is 0.775. The molecule has 2 aliphatic rings. The Morgan fingerprint density at radius 2 is 1.84 bits per heavy atom. The van der Waals surface area contributed by atoms with Gasteiger partial charge in [-0.15, -0.1) is 0 Å². The van der Waals surface area contributed by atoms with Gasteiger partial charge in [0.25, 0.3) is 0 Å². The zero-order valence-electron chi connectivity index (χ0n) is 11.9. The molecule has 1 saturated heterocycles. The predicted molar refractivity (Wildman–Crippen MR) is 76.6 cm³/mol. The van der Waals surface area contributed by atoms with Crippen LogP contribution in [0.4, 0.5) is 0 Å². The second-order valence-electron chi connectivity index (χ2n) is 6.14. The number of fused-ring (bicyclic) bond motifs is 1. The molecule has 0 aliphatic carbocycles. The highest BCUT2D eigenvalue weighted by Gasteiger charge is 2.51. The zero-order chi connectivity index (χ0) is 13.7. The number of hydrazone groups is 1. The lowest BCUT2D eigenvalue weighted by atomic mass is 9.77. The van der Waals surface area contributed by atoms with Crippen LogP contribution in [0.15, 0.2) is 23.3 Å². The molecule has 0 spiro atoms. The summed E-state index contributed by atoms with van der Waals surface area (Å²) in [5.41, 5.74) is 5.82. The van der Waals surface area contributed by atoms with E-state index in [4.69, 9.17) is 9.31 Å². The second-order valence-corrected chi connectivity index (χ2v) is 6.14. The Balaban J connectivity index is 1.91. The Kier molecular flexibility index (Phi) is 2.73. The Morgan fingerprint density at radius 1 is 1.16 bits per heavy atom. The topological polar surface area (TPSA) is 42.8 Å². The summed E-state index contributed by atoms with van der Waals surface area (Å²) in [6.07, 6.45) is 1.84. The fourth-order valence-electron chi connectivity index (χ4n) is 2.28. The maximum Gasteiger partial charge on any atom is 0.494 e. The van der Waals surface area contributed by atoms with Crippen LogP contribution in [0.3, 0.4) is 0 Å². The lowest BCUT2D eigenvalue weighted by Gasteiger charge is -2.32. The van der Waals surface area contributed by atoms with Crippen molar-refractivity contribution in [1.29, 1.82) is 0 Å². The fourth-order valence-corrected chi connectivity index (χ4v) is 2.28. The molecule has 3 rings (SSSR count). The molecule has 1 fully saturated rings. The van der Waals surface area contributed by atoms with Gasteiger partial charge in [-0.1, -0.05) is 18.2 Å². The number of hydrogen-bond acceptors (Lipinski definition) is 4. The van der Waals surface area contributed by atoms with Crippen molar-refractivity contribution in [3.8, 4) is 0 Å². The third-order valence-corrected chi connectivity index (χ3v) is 4.26. The Hall–Kier alpha value is -1.33. The average molecular weight is 258 g/mol. The van der Waals surface area contributed by atoms with E-state index in [0.717, 1.165) is 17.6 Å². The summed E-state index contributed by atoms with van der Waals surface area (Å²) >= 11 is 0. The van der Waals surface area contributed by atoms with E-state index in [9.17, 15) is 0 Å². The van der Waals surface area contributed by atoms with Gasteiger partial charge in [-0.05, 0) is 44.3 Å². The molecule has 1 N–H and O–H groups in total. The van der Waals surface area contributed by atoms with Crippen molar-refractivity contribution in [2.75, 3.05) is 0 Å². The summed E-state index contributed by atoms with van der Waals surface area (Å²) < 4.78 is 12.1. The van der Waals surface area contributed by atoms with Crippen molar-refractivity contribution in [2.24, 2.45) is 5.10 Å². The highest BCUT2D eigenvalue weighted by atomic mass is 16.7. The van der Waals surface area contributed by atoms with Crippen LogP contribution < -0.4 is 10.9 Å². The van der Waals surface area contributed by atoms with E-state index in [1.165, 1.54) is 5.56 Å². The van der Waals surface area contributed by atoms with Crippen LogP contribution in [-0.4, -0.2) is 24.5 Å². The minimum Gasteiger partial charge on any atom is -0.399 e. The number of rotatable bonds is 1. The maximum absolute atomic E-state index is 6.06. The summed E-state index contributed by atoms with van der Waals surface area (Å²) in [5, 5.41) is 4.05. The van der Waals surface area contributed by atoms with Crippen LogP contribution in [0, 0.1) is 0 Å². The summed E-state index contributed by atoms with van der Waals surface area (Å²) in [6, 6.07) is 6.26. The van der Waals surface area contributed by atoms with Gasteiger partial charge in [0.1, 0.15) is 0 Å². The van der Waals surface area contributed by atoms with E-state index in [1.807, 2.05) is 6.21 Å². The molecule has 1 aromatic rings. The van der Waals surface area contributed by atoms with E-state index < -0.39 is 0 Å². The van der Waals surface area contributed by atoms with E-state index in [2.05, 4.69) is 56.4 Å². The first kappa shape index (κ1) is 12.7. The Bertz CT molecular complexity index is 524. The van der Waals surface area contributed by atoms with Gasteiger partial charge in [0, 0.05) is 0 Å². The first-order valence-corrected chi connectivity index (χ1v) is 6.63. The van der Waals surface area contributed by atoms with Crippen molar-refractivity contribution in [2.45, 2.75) is 45.4 Å². The summed E-state index contributed by atoms with van der Waals surface area (Å²) in [6.45, 7) is 9.03. The van der Waals surface area contributed by atoms with Crippen molar-refractivity contribution < 1.29 is 9.31 Å². The van der Waals surface area contributed by atoms with Crippen LogP contribution in [-0.2, 0) is 15.9 Å². The molecule has 100 valence electrons. The van der Waals surface area contributed by atoms with Crippen molar-refractivity contribution >= 4 is 18.8 Å². The SMILES string of the molecule is CC1(C)OB(c2ccc3c(c2)CNN=C3)OC1(C)C. The summed E-state index contributed by atoms with van der Waals surface area (Å²) in [7, 11) is -0.297. The lowest BCUT2D eigenvalue weighted by Crippen LogP contribution is -2.41. The molecule has 2 heterocycles. The highest BCUT2D eigenvalue weighted by molar-refractivity contribution is 6.62. The lowest BCUT2D eigenvalue weighted by molar-refractivity contribution is 0.00578. The standard InChI is InChI=1S/C14H19BN2O2/c1-13(2)14(3,4)19-15(18-13)12-6-5-10-8-16-17-9-11(10)7-12/h5-8,17H,9H2,1-4H3. The van der Waals surface area contributed by atoms with Gasteiger partial charge >= 0.3 is 7.12 Å². The first-order chi connectivity index (χ1) is 8.89. The number of nitrogens with one attached hydrogen (secondary N) is 1. The molecule has 4 nitrogen and oxygen atoms in total. The molecule has 0 radical (unpaired) electrons. The first-order valence-electron chi connectivity index (χ1n) is 6.63. The normalized spacial score (nSPS) is 23.1. The van der Waals surface area contributed by atoms with Gasteiger partial charge in [0.2, 0.25) is 0 Å². The van der Waals surface area contributed by atoms with Crippen LogP contribution in [0.25, 0.3) is 0 Å². The molecule has 0 amide bonds. The molecule has 0 bridgehead atoms. The van der Waals surface area contributed by atoms with Gasteiger partial charge in [-0.25, -0.2) is 0 Å². The average Bonchev–Trinajstić information content (AvgIpc) is 2.58. The molecule has 19 heavy (non-hydrogen) atoms. The number of nitrogens with zero attached hydrogens (tertiary/aromatic N) is 1. The van der Waals surface area contributed by atoms with E-state index in [-0.39, 0.29) is 18.3 Å². The minimum absolute atomic E-state index is 0.297. The molecule has 2 aliphatic heterocycles. The second kappa shape index (κ2) is 4.08. The Labute approximate surface area is 114 Å². The monoisotopic (exact) mass is 258 g/mol. The third-order valence-electron chi connectivity index (χ3n) is 4.26. The molecule has 0 atom stereocenters. The minimum atomic E-state index is -0.298. The summed E-state index contributed by atoms with van der Waals surface area (Å²) in [4.78, 5) is 0. The van der Waals surface area contributed by atoms with Gasteiger partial charge in [0.05, 0.1) is 24.0 Å². The van der Waals surface area contributed by atoms with E-state index in [0.29, 0.717) is 0 Å². The molecule has 0 unspecified atom stereocenters. The molecule has 5 heteroatoms. The van der Waals surface area contributed by atoms with Gasteiger partial charge in [-0.2, -0.15) is 5.10 Å². The molecular formula is C14H19BN2O2. The highest BCUT2D eigenvalue weighted by Crippen LogP contribution is 2.36. The fraction of sp³-hybridized carbons (Fsp3) is 0.500. The van der Waals surface area contributed by atoms with Gasteiger partial charge < -0.3 is 14.7 Å². The Morgan fingerprint density at radius 3 is 2.53 bits per heavy atom. The van der Waals surface area contributed by atoms with Crippen molar-refractivity contribution in [3.05, 3.63) is 29.3 Å². The predicted octanol–water partition coefficient (Wildman–Crippen LogP) is 1.42. The van der Waals surface area contributed by atoms with Gasteiger partial charge in [0.15, 0.2) is 0 Å². The maximum atomic E-state index is 6.06.